The molecule has 0 spiro atoms. The Labute approximate surface area is 101 Å². The van der Waals surface area contributed by atoms with Gasteiger partial charge in [-0.3, -0.25) is 0 Å². The molecule has 1 rings (SSSR count). The largest absolute Gasteiger partial charge is 0.389 e. The summed E-state index contributed by atoms with van der Waals surface area (Å²) >= 11 is 0. The Kier molecular flexibility index (Phi) is 5.77. The highest BCUT2D eigenvalue weighted by atomic mass is 16.3. The van der Waals surface area contributed by atoms with Crippen LogP contribution in [0.2, 0.25) is 0 Å². The van der Waals surface area contributed by atoms with Crippen LogP contribution < -0.4 is 5.32 Å². The third kappa shape index (κ3) is 4.84. The van der Waals surface area contributed by atoms with Crippen LogP contribution in [0.25, 0.3) is 0 Å². The zero-order chi connectivity index (χ0) is 12.0. The number of rotatable bonds is 5. The SMILES string of the molecule is CCCC1CCCC(O)(CNC(C)C)CC1. The molecule has 0 bridgehead atoms. The molecular weight excluding hydrogens is 198 g/mol. The molecule has 2 atom stereocenters. The molecule has 0 saturated heterocycles. The Morgan fingerprint density at radius 2 is 2.06 bits per heavy atom. The Hall–Kier alpha value is -0.0800. The minimum Gasteiger partial charge on any atom is -0.389 e. The third-order valence-corrected chi connectivity index (χ3v) is 3.81. The van der Waals surface area contributed by atoms with Crippen LogP contribution in [0.4, 0.5) is 0 Å². The second kappa shape index (κ2) is 6.61. The highest BCUT2D eigenvalue weighted by Gasteiger charge is 2.30. The number of aliphatic hydroxyl groups is 1. The van der Waals surface area contributed by atoms with Crippen molar-refractivity contribution in [1.82, 2.24) is 5.32 Å². The van der Waals surface area contributed by atoms with E-state index in [1.54, 1.807) is 0 Å². The van der Waals surface area contributed by atoms with Gasteiger partial charge in [0, 0.05) is 12.6 Å². The van der Waals surface area contributed by atoms with Gasteiger partial charge in [-0.1, -0.05) is 46.5 Å². The van der Waals surface area contributed by atoms with E-state index < -0.39 is 5.60 Å². The van der Waals surface area contributed by atoms with Crippen molar-refractivity contribution in [3.63, 3.8) is 0 Å². The van der Waals surface area contributed by atoms with Crippen LogP contribution in [-0.4, -0.2) is 23.3 Å². The van der Waals surface area contributed by atoms with E-state index in [1.807, 2.05) is 0 Å². The van der Waals surface area contributed by atoms with E-state index in [2.05, 4.69) is 26.1 Å². The zero-order valence-electron chi connectivity index (χ0n) is 11.3. The number of hydrogen-bond donors (Lipinski definition) is 2. The molecule has 0 radical (unpaired) electrons. The Morgan fingerprint density at radius 1 is 1.31 bits per heavy atom. The lowest BCUT2D eigenvalue weighted by Gasteiger charge is -2.28. The smallest absolute Gasteiger partial charge is 0.0771 e. The van der Waals surface area contributed by atoms with Crippen molar-refractivity contribution in [1.29, 1.82) is 0 Å². The van der Waals surface area contributed by atoms with Crippen molar-refractivity contribution in [2.75, 3.05) is 6.54 Å². The lowest BCUT2D eigenvalue weighted by molar-refractivity contribution is 0.0225. The molecule has 2 unspecified atom stereocenters. The maximum absolute atomic E-state index is 10.5. The first kappa shape index (κ1) is 14.0. The minimum absolute atomic E-state index is 0.438. The van der Waals surface area contributed by atoms with Crippen LogP contribution in [0.3, 0.4) is 0 Å². The molecule has 0 aromatic rings. The van der Waals surface area contributed by atoms with Gasteiger partial charge in [0.25, 0.3) is 0 Å². The van der Waals surface area contributed by atoms with Crippen molar-refractivity contribution in [3.05, 3.63) is 0 Å². The Morgan fingerprint density at radius 3 is 2.69 bits per heavy atom. The summed E-state index contributed by atoms with van der Waals surface area (Å²) in [6, 6.07) is 0.471. The molecular formula is C14H29NO. The highest BCUT2D eigenvalue weighted by Crippen LogP contribution is 2.32. The van der Waals surface area contributed by atoms with Gasteiger partial charge in [-0.05, 0) is 25.2 Å². The fourth-order valence-electron chi connectivity index (χ4n) is 2.73. The fourth-order valence-corrected chi connectivity index (χ4v) is 2.73. The highest BCUT2D eigenvalue weighted by molar-refractivity contribution is 4.85. The maximum Gasteiger partial charge on any atom is 0.0771 e. The van der Waals surface area contributed by atoms with Crippen LogP contribution in [0.15, 0.2) is 0 Å². The van der Waals surface area contributed by atoms with E-state index in [4.69, 9.17) is 0 Å². The maximum atomic E-state index is 10.5. The van der Waals surface area contributed by atoms with Crippen LogP contribution in [0.5, 0.6) is 0 Å². The summed E-state index contributed by atoms with van der Waals surface area (Å²) in [4.78, 5) is 0. The van der Waals surface area contributed by atoms with Gasteiger partial charge in [-0.15, -0.1) is 0 Å². The first-order valence-corrected chi connectivity index (χ1v) is 7.01. The fraction of sp³-hybridized carbons (Fsp3) is 1.00. The van der Waals surface area contributed by atoms with Crippen molar-refractivity contribution in [3.8, 4) is 0 Å². The summed E-state index contributed by atoms with van der Waals surface area (Å²) in [6.07, 6.45) is 8.31. The van der Waals surface area contributed by atoms with Crippen molar-refractivity contribution in [2.45, 2.75) is 77.4 Å². The first-order valence-electron chi connectivity index (χ1n) is 7.01. The summed E-state index contributed by atoms with van der Waals surface area (Å²) in [5.74, 6) is 0.859. The molecule has 96 valence electrons. The van der Waals surface area contributed by atoms with E-state index in [0.717, 1.165) is 25.3 Å². The van der Waals surface area contributed by atoms with E-state index >= 15 is 0 Å². The summed E-state index contributed by atoms with van der Waals surface area (Å²) in [5.41, 5.74) is -0.438. The number of nitrogens with one attached hydrogen (secondary N) is 1. The second-order valence-corrected chi connectivity index (χ2v) is 5.85. The van der Waals surface area contributed by atoms with Gasteiger partial charge in [-0.2, -0.15) is 0 Å². The summed E-state index contributed by atoms with van der Waals surface area (Å²) < 4.78 is 0. The predicted octanol–water partition coefficient (Wildman–Crippen LogP) is 3.10. The molecule has 2 N–H and O–H groups in total. The first-order chi connectivity index (χ1) is 7.56. The molecule has 0 aromatic heterocycles. The normalized spacial score (nSPS) is 31.7. The van der Waals surface area contributed by atoms with Gasteiger partial charge >= 0.3 is 0 Å². The lowest BCUT2D eigenvalue weighted by atomic mass is 9.92. The van der Waals surface area contributed by atoms with Crippen LogP contribution in [-0.2, 0) is 0 Å². The average Bonchev–Trinajstić information content (AvgIpc) is 2.40. The van der Waals surface area contributed by atoms with Gasteiger partial charge < -0.3 is 10.4 Å². The van der Waals surface area contributed by atoms with E-state index in [-0.39, 0.29) is 0 Å². The van der Waals surface area contributed by atoms with Crippen molar-refractivity contribution in [2.24, 2.45) is 5.92 Å². The van der Waals surface area contributed by atoms with Gasteiger partial charge in [0.2, 0.25) is 0 Å². The molecule has 1 fully saturated rings. The van der Waals surface area contributed by atoms with Crippen molar-refractivity contribution >= 4 is 0 Å². The van der Waals surface area contributed by atoms with Gasteiger partial charge in [0.1, 0.15) is 0 Å². The Bertz CT molecular complexity index is 193. The third-order valence-electron chi connectivity index (χ3n) is 3.81. The summed E-state index contributed by atoms with van der Waals surface area (Å²) in [5, 5.41) is 13.9. The Balaban J connectivity index is 2.38. The lowest BCUT2D eigenvalue weighted by Crippen LogP contribution is -2.42. The zero-order valence-corrected chi connectivity index (χ0v) is 11.3. The molecule has 2 nitrogen and oxygen atoms in total. The van der Waals surface area contributed by atoms with E-state index in [0.29, 0.717) is 6.04 Å². The topological polar surface area (TPSA) is 32.3 Å². The summed E-state index contributed by atoms with van der Waals surface area (Å²) in [6.45, 7) is 7.31. The average molecular weight is 227 g/mol. The molecule has 16 heavy (non-hydrogen) atoms. The molecule has 1 saturated carbocycles. The van der Waals surface area contributed by atoms with E-state index in [1.165, 1.54) is 32.1 Å². The van der Waals surface area contributed by atoms with Crippen molar-refractivity contribution < 1.29 is 5.11 Å². The molecule has 0 heterocycles. The van der Waals surface area contributed by atoms with Gasteiger partial charge in [-0.25, -0.2) is 0 Å². The molecule has 0 aliphatic heterocycles. The monoisotopic (exact) mass is 227 g/mol. The minimum atomic E-state index is -0.438. The molecule has 1 aliphatic rings. The molecule has 0 aromatic carbocycles. The van der Waals surface area contributed by atoms with Crippen LogP contribution in [0, 0.1) is 5.92 Å². The summed E-state index contributed by atoms with van der Waals surface area (Å²) in [7, 11) is 0. The molecule has 0 amide bonds. The van der Waals surface area contributed by atoms with Gasteiger partial charge in [0.05, 0.1) is 5.60 Å². The van der Waals surface area contributed by atoms with Gasteiger partial charge in [0.15, 0.2) is 0 Å². The second-order valence-electron chi connectivity index (χ2n) is 5.85. The number of hydrogen-bond acceptors (Lipinski definition) is 2. The van der Waals surface area contributed by atoms with Crippen LogP contribution >= 0.6 is 0 Å². The predicted molar refractivity (Wildman–Crippen MR) is 69.6 cm³/mol. The van der Waals surface area contributed by atoms with Crippen LogP contribution in [0.1, 0.15) is 65.7 Å². The standard InChI is InChI=1S/C14H29NO/c1-4-6-13-7-5-9-14(16,10-8-13)11-15-12(2)3/h12-13,15-16H,4-11H2,1-3H3. The molecule has 2 heteroatoms. The molecule has 1 aliphatic carbocycles. The quantitative estimate of drug-likeness (QED) is 0.707. The van der Waals surface area contributed by atoms with E-state index in [9.17, 15) is 5.11 Å².